The van der Waals surface area contributed by atoms with E-state index in [1.807, 2.05) is 30.3 Å². The van der Waals surface area contributed by atoms with Gasteiger partial charge in [0.2, 0.25) is 11.8 Å². The van der Waals surface area contributed by atoms with Gasteiger partial charge in [0.15, 0.2) is 0 Å². The number of carboxylic acid groups (broad SMARTS) is 1. The van der Waals surface area contributed by atoms with Crippen LogP contribution in [0.15, 0.2) is 30.3 Å². The van der Waals surface area contributed by atoms with Crippen molar-refractivity contribution in [3.05, 3.63) is 35.9 Å². The number of likely N-dealkylation sites (tertiary alicyclic amines) is 1. The molecule has 1 aromatic carbocycles. The standard InChI is InChI=1S/C17H22N2O5/c20-14-8-4-5-10-19(14)16(13-6-2-1-3-7-13)17(23)18-9-11-24-12-15(21)22/h1-3,6-7,16H,4-5,8-12H2,(H,18,23)(H,21,22). The van der Waals surface area contributed by atoms with Crippen LogP contribution in [0.25, 0.3) is 0 Å². The number of aliphatic carboxylic acids is 1. The Bertz CT molecular complexity index is 576. The number of hydrogen-bond donors (Lipinski definition) is 2. The van der Waals surface area contributed by atoms with E-state index < -0.39 is 18.6 Å². The van der Waals surface area contributed by atoms with Gasteiger partial charge in [-0.05, 0) is 18.4 Å². The van der Waals surface area contributed by atoms with Crippen LogP contribution in [0.3, 0.4) is 0 Å². The Balaban J connectivity index is 2.01. The number of hydrogen-bond acceptors (Lipinski definition) is 4. The molecule has 1 unspecified atom stereocenters. The monoisotopic (exact) mass is 334 g/mol. The van der Waals surface area contributed by atoms with E-state index in [1.54, 1.807) is 4.90 Å². The van der Waals surface area contributed by atoms with Crippen LogP contribution in [-0.2, 0) is 19.1 Å². The second kappa shape index (κ2) is 9.02. The molecule has 130 valence electrons. The molecule has 1 fully saturated rings. The second-order valence-electron chi connectivity index (χ2n) is 5.59. The van der Waals surface area contributed by atoms with Crippen molar-refractivity contribution in [1.29, 1.82) is 0 Å². The maximum absolute atomic E-state index is 12.6. The lowest BCUT2D eigenvalue weighted by Crippen LogP contribution is -2.46. The van der Waals surface area contributed by atoms with Gasteiger partial charge in [-0.15, -0.1) is 0 Å². The van der Waals surface area contributed by atoms with Crippen molar-refractivity contribution in [1.82, 2.24) is 10.2 Å². The van der Waals surface area contributed by atoms with E-state index in [4.69, 9.17) is 9.84 Å². The lowest BCUT2D eigenvalue weighted by Gasteiger charge is -2.34. The second-order valence-corrected chi connectivity index (χ2v) is 5.59. The summed E-state index contributed by atoms with van der Waals surface area (Å²) in [4.78, 5) is 36.8. The minimum Gasteiger partial charge on any atom is -0.480 e. The Morgan fingerprint density at radius 1 is 1.25 bits per heavy atom. The number of nitrogens with zero attached hydrogens (tertiary/aromatic N) is 1. The summed E-state index contributed by atoms with van der Waals surface area (Å²) in [6, 6.07) is 8.51. The number of ether oxygens (including phenoxy) is 1. The van der Waals surface area contributed by atoms with Gasteiger partial charge >= 0.3 is 5.97 Å². The van der Waals surface area contributed by atoms with Gasteiger partial charge in [0.1, 0.15) is 12.6 Å². The van der Waals surface area contributed by atoms with Gasteiger partial charge in [0.25, 0.3) is 0 Å². The first-order valence-corrected chi connectivity index (χ1v) is 8.01. The number of amides is 2. The first-order chi connectivity index (χ1) is 11.6. The molecule has 1 heterocycles. The van der Waals surface area contributed by atoms with Crippen molar-refractivity contribution in [3.63, 3.8) is 0 Å². The Hall–Kier alpha value is -2.41. The molecule has 1 aliphatic heterocycles. The predicted octanol–water partition coefficient (Wildman–Crippen LogP) is 0.958. The first-order valence-electron chi connectivity index (χ1n) is 8.01. The molecule has 1 atom stereocenters. The number of rotatable bonds is 8. The molecule has 0 aliphatic carbocycles. The number of carbonyl (C=O) groups is 3. The summed E-state index contributed by atoms with van der Waals surface area (Å²) in [6.45, 7) is 0.453. The van der Waals surface area contributed by atoms with E-state index in [2.05, 4.69) is 5.32 Å². The van der Waals surface area contributed by atoms with Crippen molar-refractivity contribution in [2.45, 2.75) is 25.3 Å². The van der Waals surface area contributed by atoms with Crippen LogP contribution in [0.1, 0.15) is 30.9 Å². The Kier molecular flexibility index (Phi) is 6.74. The highest BCUT2D eigenvalue weighted by Crippen LogP contribution is 2.25. The third-order valence-corrected chi connectivity index (χ3v) is 3.81. The molecule has 2 rings (SSSR count). The van der Waals surface area contributed by atoms with Crippen molar-refractivity contribution >= 4 is 17.8 Å². The highest BCUT2D eigenvalue weighted by Gasteiger charge is 2.32. The van der Waals surface area contributed by atoms with Crippen LogP contribution < -0.4 is 5.32 Å². The highest BCUT2D eigenvalue weighted by atomic mass is 16.5. The molecule has 7 nitrogen and oxygen atoms in total. The minimum atomic E-state index is -1.05. The summed E-state index contributed by atoms with van der Waals surface area (Å²) in [5, 5.41) is 11.2. The Morgan fingerprint density at radius 2 is 2.00 bits per heavy atom. The molecule has 0 aromatic heterocycles. The van der Waals surface area contributed by atoms with Crippen LogP contribution in [0.4, 0.5) is 0 Å². The smallest absolute Gasteiger partial charge is 0.329 e. The van der Waals surface area contributed by atoms with Gasteiger partial charge in [0.05, 0.1) is 6.61 Å². The van der Waals surface area contributed by atoms with Crippen LogP contribution in [0.5, 0.6) is 0 Å². The summed E-state index contributed by atoms with van der Waals surface area (Å²) in [5.74, 6) is -1.36. The van der Waals surface area contributed by atoms with E-state index in [0.29, 0.717) is 13.0 Å². The van der Waals surface area contributed by atoms with Crippen LogP contribution in [-0.4, -0.2) is 54.1 Å². The van der Waals surface area contributed by atoms with Crippen molar-refractivity contribution in [2.75, 3.05) is 26.3 Å². The molecule has 0 bridgehead atoms. The fourth-order valence-electron chi connectivity index (χ4n) is 2.71. The lowest BCUT2D eigenvalue weighted by molar-refractivity contribution is -0.143. The molecule has 0 radical (unpaired) electrons. The maximum atomic E-state index is 12.6. The molecule has 2 N–H and O–H groups in total. The van der Waals surface area contributed by atoms with E-state index in [-0.39, 0.29) is 25.0 Å². The first kappa shape index (κ1) is 17.9. The highest BCUT2D eigenvalue weighted by molar-refractivity contribution is 5.89. The lowest BCUT2D eigenvalue weighted by atomic mass is 10.0. The van der Waals surface area contributed by atoms with Crippen molar-refractivity contribution < 1.29 is 24.2 Å². The average Bonchev–Trinajstić information content (AvgIpc) is 2.57. The number of carboxylic acids is 1. The largest absolute Gasteiger partial charge is 0.480 e. The number of piperidine rings is 1. The zero-order valence-electron chi connectivity index (χ0n) is 13.4. The van der Waals surface area contributed by atoms with E-state index >= 15 is 0 Å². The summed E-state index contributed by atoms with van der Waals surface area (Å²) in [6.07, 6.45) is 2.18. The van der Waals surface area contributed by atoms with Crippen molar-refractivity contribution in [2.24, 2.45) is 0 Å². The minimum absolute atomic E-state index is 0.0209. The average molecular weight is 334 g/mol. The van der Waals surface area contributed by atoms with Gasteiger partial charge in [-0.1, -0.05) is 30.3 Å². The van der Waals surface area contributed by atoms with Crippen LogP contribution in [0.2, 0.25) is 0 Å². The summed E-state index contributed by atoms with van der Waals surface area (Å²) in [5.41, 5.74) is 0.761. The fourth-order valence-corrected chi connectivity index (χ4v) is 2.71. The summed E-state index contributed by atoms with van der Waals surface area (Å²) >= 11 is 0. The van der Waals surface area contributed by atoms with Gasteiger partial charge < -0.3 is 20.1 Å². The zero-order chi connectivity index (χ0) is 17.4. The molecular formula is C17H22N2O5. The van der Waals surface area contributed by atoms with Crippen LogP contribution >= 0.6 is 0 Å². The van der Waals surface area contributed by atoms with Gasteiger partial charge in [-0.2, -0.15) is 0 Å². The number of benzene rings is 1. The van der Waals surface area contributed by atoms with Gasteiger partial charge in [-0.25, -0.2) is 4.79 Å². The summed E-state index contributed by atoms with van der Waals surface area (Å²) in [7, 11) is 0. The number of carbonyl (C=O) groups excluding carboxylic acids is 2. The number of nitrogens with one attached hydrogen (secondary N) is 1. The third kappa shape index (κ3) is 5.06. The van der Waals surface area contributed by atoms with Gasteiger partial charge in [0, 0.05) is 19.5 Å². The van der Waals surface area contributed by atoms with Crippen molar-refractivity contribution in [3.8, 4) is 0 Å². The molecule has 1 aliphatic rings. The molecule has 1 saturated heterocycles. The third-order valence-electron chi connectivity index (χ3n) is 3.81. The summed E-state index contributed by atoms with van der Waals surface area (Å²) < 4.78 is 4.90. The Morgan fingerprint density at radius 3 is 2.67 bits per heavy atom. The van der Waals surface area contributed by atoms with E-state index in [0.717, 1.165) is 18.4 Å². The maximum Gasteiger partial charge on any atom is 0.329 e. The molecule has 1 aromatic rings. The van der Waals surface area contributed by atoms with Crippen LogP contribution in [0, 0.1) is 0 Å². The SMILES string of the molecule is O=C(O)COCCNC(=O)C(c1ccccc1)N1CCCCC1=O. The van der Waals surface area contributed by atoms with E-state index in [9.17, 15) is 14.4 Å². The molecular weight excluding hydrogens is 312 g/mol. The molecule has 2 amide bonds. The van der Waals surface area contributed by atoms with Gasteiger partial charge in [-0.3, -0.25) is 9.59 Å². The molecule has 0 saturated carbocycles. The quantitative estimate of drug-likeness (QED) is 0.690. The molecule has 0 spiro atoms. The van der Waals surface area contributed by atoms with E-state index in [1.165, 1.54) is 0 Å². The zero-order valence-corrected chi connectivity index (χ0v) is 13.4. The molecule has 24 heavy (non-hydrogen) atoms. The normalized spacial score (nSPS) is 15.8. The molecule has 7 heteroatoms. The fraction of sp³-hybridized carbons (Fsp3) is 0.471. The predicted molar refractivity (Wildman–Crippen MR) is 86.2 cm³/mol. The Labute approximate surface area is 140 Å². The topological polar surface area (TPSA) is 95.9 Å².